The van der Waals surface area contributed by atoms with Gasteiger partial charge in [0, 0.05) is 12.1 Å². The smallest absolute Gasteiger partial charge is 0.329 e. The number of amides is 3. The second-order valence-electron chi connectivity index (χ2n) is 8.95. The van der Waals surface area contributed by atoms with Crippen LogP contribution in [0.5, 0.6) is 5.75 Å². The molecule has 0 saturated carbocycles. The van der Waals surface area contributed by atoms with Crippen LogP contribution in [0.4, 0.5) is 9.18 Å². The number of aromatic nitrogens is 2. The van der Waals surface area contributed by atoms with Crippen molar-refractivity contribution < 1.29 is 18.7 Å². The van der Waals surface area contributed by atoms with Crippen molar-refractivity contribution in [1.82, 2.24) is 20.0 Å². The lowest BCUT2D eigenvalue weighted by Gasteiger charge is -2.13. The molecule has 8 nitrogen and oxygen atoms in total. The van der Waals surface area contributed by atoms with E-state index in [9.17, 15) is 18.8 Å². The Bertz CT molecular complexity index is 1600. The van der Waals surface area contributed by atoms with Gasteiger partial charge in [0.25, 0.3) is 11.5 Å². The van der Waals surface area contributed by atoms with Gasteiger partial charge in [0.05, 0.1) is 24.9 Å². The van der Waals surface area contributed by atoms with Gasteiger partial charge in [0.1, 0.15) is 17.3 Å². The molecule has 192 valence electrons. The monoisotopic (exact) mass is 512 g/mol. The molecule has 0 bridgehead atoms. The van der Waals surface area contributed by atoms with Crippen molar-refractivity contribution in [2.24, 2.45) is 0 Å². The standard InChI is InChI=1S/C29H25FN4O4/c1-18-5-3-4-6-20(18)17-33-28(36)26(31-29(33)37)16-24-25(15-19-7-9-21(30)10-8-19)32-34(27(24)35)22-11-13-23(38-2)14-12-22/h3-14,16,32H,15,17H2,1-2H3,(H,31,37). The van der Waals surface area contributed by atoms with Gasteiger partial charge in [-0.3, -0.25) is 19.6 Å². The molecule has 0 atom stereocenters. The lowest BCUT2D eigenvalue weighted by atomic mass is 10.1. The summed E-state index contributed by atoms with van der Waals surface area (Å²) in [5.41, 5.74) is 3.44. The minimum atomic E-state index is -0.560. The van der Waals surface area contributed by atoms with Crippen LogP contribution >= 0.6 is 0 Å². The normalized spacial score (nSPS) is 14.3. The number of halogens is 1. The van der Waals surface area contributed by atoms with E-state index in [4.69, 9.17) is 4.74 Å². The molecule has 4 aromatic rings. The Labute approximate surface area is 218 Å². The highest BCUT2D eigenvalue weighted by Crippen LogP contribution is 2.21. The molecule has 1 fully saturated rings. The van der Waals surface area contributed by atoms with E-state index in [0.717, 1.165) is 21.6 Å². The van der Waals surface area contributed by atoms with Crippen molar-refractivity contribution in [3.8, 4) is 11.4 Å². The lowest BCUT2D eigenvalue weighted by Crippen LogP contribution is -2.30. The number of imide groups is 1. The van der Waals surface area contributed by atoms with Gasteiger partial charge in [0.15, 0.2) is 0 Å². The molecule has 5 rings (SSSR count). The highest BCUT2D eigenvalue weighted by molar-refractivity contribution is 6.13. The number of nitrogens with zero attached hydrogens (tertiary/aromatic N) is 2. The van der Waals surface area contributed by atoms with Crippen LogP contribution in [-0.2, 0) is 17.8 Å². The molecule has 3 aromatic carbocycles. The number of rotatable bonds is 7. The first-order valence-corrected chi connectivity index (χ1v) is 12.0. The second kappa shape index (κ2) is 10.2. The van der Waals surface area contributed by atoms with Crippen LogP contribution in [0, 0.1) is 12.7 Å². The summed E-state index contributed by atoms with van der Waals surface area (Å²) in [5, 5.41) is 5.72. The van der Waals surface area contributed by atoms with E-state index in [-0.39, 0.29) is 30.0 Å². The Morgan fingerprint density at radius 3 is 2.34 bits per heavy atom. The number of H-pyrrole nitrogens is 1. The number of aryl methyl sites for hydroxylation is 1. The number of hydrogen-bond acceptors (Lipinski definition) is 4. The molecule has 0 unspecified atom stereocenters. The largest absolute Gasteiger partial charge is 0.497 e. The highest BCUT2D eigenvalue weighted by atomic mass is 19.1. The van der Waals surface area contributed by atoms with Gasteiger partial charge in [-0.1, -0.05) is 36.4 Å². The maximum absolute atomic E-state index is 13.5. The van der Waals surface area contributed by atoms with Gasteiger partial charge in [-0.05, 0) is 66.1 Å². The second-order valence-corrected chi connectivity index (χ2v) is 8.95. The molecule has 1 saturated heterocycles. The molecule has 2 heterocycles. The van der Waals surface area contributed by atoms with E-state index < -0.39 is 17.5 Å². The van der Waals surface area contributed by atoms with Gasteiger partial charge in [-0.25, -0.2) is 13.9 Å². The van der Waals surface area contributed by atoms with Crippen LogP contribution in [0.25, 0.3) is 11.8 Å². The predicted octanol–water partition coefficient (Wildman–Crippen LogP) is 4.31. The molecule has 38 heavy (non-hydrogen) atoms. The van der Waals surface area contributed by atoms with Crippen molar-refractivity contribution in [2.75, 3.05) is 7.11 Å². The summed E-state index contributed by atoms with van der Waals surface area (Å²) in [6.07, 6.45) is 1.67. The number of hydrogen-bond donors (Lipinski definition) is 2. The molecule has 0 aliphatic carbocycles. The molecule has 9 heteroatoms. The zero-order valence-electron chi connectivity index (χ0n) is 20.8. The molecular weight excluding hydrogens is 487 g/mol. The molecule has 2 N–H and O–H groups in total. The number of aromatic amines is 1. The van der Waals surface area contributed by atoms with Crippen molar-refractivity contribution in [3.05, 3.63) is 123 Å². The minimum Gasteiger partial charge on any atom is -0.497 e. The van der Waals surface area contributed by atoms with E-state index in [2.05, 4.69) is 10.4 Å². The maximum Gasteiger partial charge on any atom is 0.329 e. The topological polar surface area (TPSA) is 96.4 Å². The van der Waals surface area contributed by atoms with Gasteiger partial charge >= 0.3 is 6.03 Å². The van der Waals surface area contributed by atoms with Gasteiger partial charge in [0.2, 0.25) is 0 Å². The number of ether oxygens (including phenoxy) is 1. The lowest BCUT2D eigenvalue weighted by molar-refractivity contribution is -0.123. The third kappa shape index (κ3) is 4.86. The Morgan fingerprint density at radius 2 is 1.66 bits per heavy atom. The van der Waals surface area contributed by atoms with E-state index >= 15 is 0 Å². The molecular formula is C29H25FN4O4. The van der Waals surface area contributed by atoms with E-state index in [1.165, 1.54) is 22.9 Å². The number of carbonyl (C=O) groups is 2. The first-order chi connectivity index (χ1) is 18.3. The molecule has 3 amide bonds. The van der Waals surface area contributed by atoms with E-state index in [1.54, 1.807) is 43.5 Å². The van der Waals surface area contributed by atoms with Gasteiger partial charge in [-0.15, -0.1) is 0 Å². The highest BCUT2D eigenvalue weighted by Gasteiger charge is 2.34. The quantitative estimate of drug-likeness (QED) is 0.285. The minimum absolute atomic E-state index is 0.00178. The van der Waals surface area contributed by atoms with Crippen LogP contribution in [0.15, 0.2) is 83.3 Å². The van der Waals surface area contributed by atoms with Crippen molar-refractivity contribution in [1.29, 1.82) is 0 Å². The third-order valence-corrected chi connectivity index (χ3v) is 6.47. The molecule has 1 aliphatic rings. The summed E-state index contributed by atoms with van der Waals surface area (Å²) < 4.78 is 20.0. The summed E-state index contributed by atoms with van der Waals surface area (Å²) in [4.78, 5) is 40.6. The summed E-state index contributed by atoms with van der Waals surface area (Å²) in [5.74, 6) is -0.258. The Balaban J connectivity index is 1.53. The summed E-state index contributed by atoms with van der Waals surface area (Å²) in [6, 6.07) is 19.8. The third-order valence-electron chi connectivity index (χ3n) is 6.47. The number of methoxy groups -OCH3 is 1. The van der Waals surface area contributed by atoms with Gasteiger partial charge in [-0.2, -0.15) is 0 Å². The number of urea groups is 1. The first kappa shape index (κ1) is 24.8. The van der Waals surface area contributed by atoms with E-state index in [1.807, 2.05) is 31.2 Å². The van der Waals surface area contributed by atoms with Crippen LogP contribution < -0.4 is 15.6 Å². The van der Waals surface area contributed by atoms with Crippen LogP contribution in [0.1, 0.15) is 27.9 Å². The fourth-order valence-electron chi connectivity index (χ4n) is 4.32. The number of nitrogens with one attached hydrogen (secondary N) is 2. The van der Waals surface area contributed by atoms with Gasteiger partial charge < -0.3 is 10.1 Å². The molecule has 1 aliphatic heterocycles. The average Bonchev–Trinajstić information content (AvgIpc) is 3.37. The van der Waals surface area contributed by atoms with Crippen molar-refractivity contribution in [3.63, 3.8) is 0 Å². The fraction of sp³-hybridized carbons (Fsp3) is 0.138. The van der Waals surface area contributed by atoms with Crippen LogP contribution in [-0.4, -0.2) is 33.7 Å². The Morgan fingerprint density at radius 1 is 0.947 bits per heavy atom. The number of carbonyl (C=O) groups excluding carboxylic acids is 2. The maximum atomic E-state index is 13.5. The molecule has 1 aromatic heterocycles. The number of benzene rings is 3. The average molecular weight is 513 g/mol. The van der Waals surface area contributed by atoms with Crippen LogP contribution in [0.3, 0.4) is 0 Å². The summed E-state index contributed by atoms with van der Waals surface area (Å²) in [6.45, 7) is 2.02. The van der Waals surface area contributed by atoms with E-state index in [0.29, 0.717) is 17.1 Å². The zero-order valence-corrected chi connectivity index (χ0v) is 20.8. The molecule has 0 radical (unpaired) electrons. The predicted molar refractivity (Wildman–Crippen MR) is 140 cm³/mol. The summed E-state index contributed by atoms with van der Waals surface area (Å²) >= 11 is 0. The summed E-state index contributed by atoms with van der Waals surface area (Å²) in [7, 11) is 1.55. The van der Waals surface area contributed by atoms with Crippen molar-refractivity contribution >= 4 is 18.0 Å². The SMILES string of the molecule is COc1ccc(-n2[nH]c(Cc3ccc(F)cc3)c(C=C3NC(=O)N(Cc4ccccc4C)C3=O)c2=O)cc1. The Hall–Kier alpha value is -4.92. The van der Waals surface area contributed by atoms with Crippen molar-refractivity contribution in [2.45, 2.75) is 19.9 Å². The fourth-order valence-corrected chi connectivity index (χ4v) is 4.32. The first-order valence-electron chi connectivity index (χ1n) is 12.0. The molecule has 0 spiro atoms. The Kier molecular flexibility index (Phi) is 6.66. The zero-order chi connectivity index (χ0) is 26.8. The van der Waals surface area contributed by atoms with Crippen LogP contribution in [0.2, 0.25) is 0 Å².